The molecular weight excluding hydrogens is 320 g/mol. The zero-order valence-electron chi connectivity index (χ0n) is 10.2. The van der Waals surface area contributed by atoms with Crippen molar-refractivity contribution in [3.8, 4) is 0 Å². The molecule has 0 bridgehead atoms. The summed E-state index contributed by atoms with van der Waals surface area (Å²) >= 11 is 4.50. The number of esters is 1. The van der Waals surface area contributed by atoms with E-state index in [1.807, 2.05) is 0 Å². The molecule has 1 aliphatic rings. The van der Waals surface area contributed by atoms with Crippen LogP contribution in [-0.2, 0) is 16.0 Å². The lowest BCUT2D eigenvalue weighted by Crippen LogP contribution is -2.48. The van der Waals surface area contributed by atoms with E-state index in [4.69, 9.17) is 4.74 Å². The Kier molecular flexibility index (Phi) is 3.46. The maximum absolute atomic E-state index is 11.9. The molecule has 0 radical (unpaired) electrons. The van der Waals surface area contributed by atoms with Gasteiger partial charge < -0.3 is 10.1 Å². The quantitative estimate of drug-likeness (QED) is 0.797. The largest absolute Gasteiger partial charge is 0.458 e. The Morgan fingerprint density at radius 2 is 2.22 bits per heavy atom. The van der Waals surface area contributed by atoms with Crippen molar-refractivity contribution in [3.63, 3.8) is 0 Å². The summed E-state index contributed by atoms with van der Waals surface area (Å²) in [6, 6.07) is -0.654. The minimum atomic E-state index is -0.654. The van der Waals surface area contributed by atoms with Crippen molar-refractivity contribution in [2.45, 2.75) is 38.8 Å². The molecule has 1 N–H and O–H groups in total. The monoisotopic (exact) mass is 332 g/mol. The van der Waals surface area contributed by atoms with Gasteiger partial charge in [0.15, 0.2) is 3.92 Å². The number of nitrogens with one attached hydrogen (secondary N) is 1. The Balaban J connectivity index is 2.16. The van der Waals surface area contributed by atoms with E-state index in [0.717, 1.165) is 0 Å². The summed E-state index contributed by atoms with van der Waals surface area (Å²) in [5.74, 6) is -0.694. The predicted octanol–water partition coefficient (Wildman–Crippen LogP) is 1.90. The number of fused-ring (bicyclic) bond motifs is 1. The lowest BCUT2D eigenvalue weighted by atomic mass is 10.1. The van der Waals surface area contributed by atoms with E-state index in [1.165, 1.54) is 11.3 Å². The highest BCUT2D eigenvalue weighted by Crippen LogP contribution is 2.27. The standard InChI is InChI=1S/C11H13BrN2O3S/c1-11(2,3)17-9(16)6-4-5-7(8(15)13-6)18-10(12)14-5/h6H,4H2,1-3H3,(H,13,15). The number of hydrogen-bond donors (Lipinski definition) is 1. The first-order valence-corrected chi connectivity index (χ1v) is 7.06. The molecule has 1 aromatic rings. The van der Waals surface area contributed by atoms with Gasteiger partial charge in [0.2, 0.25) is 0 Å². The SMILES string of the molecule is CC(C)(C)OC(=O)C1Cc2nc(Br)sc2C(=O)N1. The Bertz CT molecular complexity index is 507. The Hall–Kier alpha value is -0.950. The van der Waals surface area contributed by atoms with Gasteiger partial charge in [0.1, 0.15) is 16.5 Å². The zero-order chi connectivity index (χ0) is 13.5. The molecule has 1 aromatic heterocycles. The minimum absolute atomic E-state index is 0.268. The summed E-state index contributed by atoms with van der Waals surface area (Å²) in [6.07, 6.45) is 0.373. The number of hydrogen-bond acceptors (Lipinski definition) is 5. The van der Waals surface area contributed by atoms with E-state index in [-0.39, 0.29) is 5.91 Å². The smallest absolute Gasteiger partial charge is 0.329 e. The molecule has 2 heterocycles. The van der Waals surface area contributed by atoms with E-state index in [0.29, 0.717) is 20.9 Å². The molecule has 1 amide bonds. The normalized spacial score (nSPS) is 19.1. The summed E-state index contributed by atoms with van der Waals surface area (Å²) in [4.78, 5) is 28.5. The molecule has 0 spiro atoms. The number of halogens is 1. The van der Waals surface area contributed by atoms with Gasteiger partial charge in [-0.1, -0.05) is 0 Å². The number of ether oxygens (including phenoxy) is 1. The third-order valence-electron chi connectivity index (χ3n) is 2.27. The van der Waals surface area contributed by atoms with Gasteiger partial charge >= 0.3 is 5.97 Å². The molecule has 0 saturated carbocycles. The van der Waals surface area contributed by atoms with E-state index in [2.05, 4.69) is 26.2 Å². The van der Waals surface area contributed by atoms with E-state index >= 15 is 0 Å². The topological polar surface area (TPSA) is 68.3 Å². The fourth-order valence-electron chi connectivity index (χ4n) is 1.62. The molecule has 0 aromatic carbocycles. The molecule has 1 unspecified atom stereocenters. The molecule has 7 heteroatoms. The highest BCUT2D eigenvalue weighted by Gasteiger charge is 2.34. The number of amides is 1. The number of carbonyl (C=O) groups is 2. The molecule has 2 rings (SSSR count). The number of thiazole rings is 1. The van der Waals surface area contributed by atoms with Crippen LogP contribution in [0.1, 0.15) is 36.1 Å². The van der Waals surface area contributed by atoms with Gasteiger partial charge in [-0.2, -0.15) is 0 Å². The van der Waals surface area contributed by atoms with Crippen molar-refractivity contribution >= 4 is 39.1 Å². The summed E-state index contributed by atoms with van der Waals surface area (Å²) in [6.45, 7) is 5.38. The van der Waals surface area contributed by atoms with Crippen molar-refractivity contribution in [2.75, 3.05) is 0 Å². The van der Waals surface area contributed by atoms with Crippen LogP contribution in [-0.4, -0.2) is 28.5 Å². The third-order valence-corrected chi connectivity index (χ3v) is 3.82. The van der Waals surface area contributed by atoms with Crippen LogP contribution in [0.15, 0.2) is 3.92 Å². The van der Waals surface area contributed by atoms with Crippen LogP contribution in [0.5, 0.6) is 0 Å². The molecule has 0 aliphatic carbocycles. The van der Waals surface area contributed by atoms with Gasteiger partial charge in [-0.05, 0) is 36.7 Å². The molecule has 5 nitrogen and oxygen atoms in total. The Labute approximate surface area is 117 Å². The third kappa shape index (κ3) is 2.89. The van der Waals surface area contributed by atoms with Crippen LogP contribution in [0.25, 0.3) is 0 Å². The fourth-order valence-corrected chi connectivity index (χ4v) is 3.04. The van der Waals surface area contributed by atoms with Crippen molar-refractivity contribution < 1.29 is 14.3 Å². The van der Waals surface area contributed by atoms with Crippen LogP contribution in [0.4, 0.5) is 0 Å². The molecule has 18 heavy (non-hydrogen) atoms. The van der Waals surface area contributed by atoms with Gasteiger partial charge in [-0.25, -0.2) is 9.78 Å². The number of carbonyl (C=O) groups excluding carboxylic acids is 2. The average molecular weight is 333 g/mol. The van der Waals surface area contributed by atoms with Crippen molar-refractivity contribution in [1.82, 2.24) is 10.3 Å². The van der Waals surface area contributed by atoms with Crippen LogP contribution in [0, 0.1) is 0 Å². The van der Waals surface area contributed by atoms with Crippen LogP contribution in [0.3, 0.4) is 0 Å². The van der Waals surface area contributed by atoms with Crippen LogP contribution >= 0.6 is 27.3 Å². The number of nitrogens with zero attached hydrogens (tertiary/aromatic N) is 1. The second-order valence-corrected chi connectivity index (χ2v) is 7.28. The maximum Gasteiger partial charge on any atom is 0.329 e. The van der Waals surface area contributed by atoms with E-state index in [9.17, 15) is 9.59 Å². The first kappa shape index (κ1) is 13.5. The van der Waals surface area contributed by atoms with Gasteiger partial charge in [-0.15, -0.1) is 11.3 Å². The highest BCUT2D eigenvalue weighted by molar-refractivity contribution is 9.11. The van der Waals surface area contributed by atoms with Crippen LogP contribution in [0.2, 0.25) is 0 Å². The molecule has 0 saturated heterocycles. The highest BCUT2D eigenvalue weighted by atomic mass is 79.9. The lowest BCUT2D eigenvalue weighted by molar-refractivity contribution is -0.157. The zero-order valence-corrected chi connectivity index (χ0v) is 12.6. The van der Waals surface area contributed by atoms with E-state index < -0.39 is 17.6 Å². The van der Waals surface area contributed by atoms with Gasteiger partial charge in [0.25, 0.3) is 5.91 Å². The summed E-state index contributed by atoms with van der Waals surface area (Å²) in [5.41, 5.74) is 0.0802. The minimum Gasteiger partial charge on any atom is -0.458 e. The first-order valence-electron chi connectivity index (χ1n) is 5.45. The van der Waals surface area contributed by atoms with Crippen LogP contribution < -0.4 is 5.32 Å². The second-order valence-electron chi connectivity index (χ2n) is 5.01. The van der Waals surface area contributed by atoms with Gasteiger partial charge in [0.05, 0.1) is 5.69 Å². The Morgan fingerprint density at radius 1 is 1.56 bits per heavy atom. The number of aromatic nitrogens is 1. The number of rotatable bonds is 1. The van der Waals surface area contributed by atoms with E-state index in [1.54, 1.807) is 20.8 Å². The average Bonchev–Trinajstić information content (AvgIpc) is 2.56. The van der Waals surface area contributed by atoms with Crippen molar-refractivity contribution in [1.29, 1.82) is 0 Å². The van der Waals surface area contributed by atoms with Crippen molar-refractivity contribution in [2.24, 2.45) is 0 Å². The fraction of sp³-hybridized carbons (Fsp3) is 0.545. The molecule has 0 fully saturated rings. The lowest BCUT2D eigenvalue weighted by Gasteiger charge is -2.26. The predicted molar refractivity (Wildman–Crippen MR) is 70.6 cm³/mol. The van der Waals surface area contributed by atoms with Gasteiger partial charge in [0, 0.05) is 6.42 Å². The maximum atomic E-state index is 11.9. The first-order chi connectivity index (χ1) is 8.26. The molecule has 98 valence electrons. The Morgan fingerprint density at radius 3 is 2.83 bits per heavy atom. The second kappa shape index (κ2) is 4.62. The summed E-state index contributed by atoms with van der Waals surface area (Å²) in [5, 5.41) is 2.64. The van der Waals surface area contributed by atoms with Crippen molar-refractivity contribution in [3.05, 3.63) is 14.5 Å². The summed E-state index contributed by atoms with van der Waals surface area (Å²) < 4.78 is 5.90. The van der Waals surface area contributed by atoms with Gasteiger partial charge in [-0.3, -0.25) is 4.79 Å². The molecule has 1 aliphatic heterocycles. The molecule has 1 atom stereocenters. The molecular formula is C11H13BrN2O3S. The summed E-state index contributed by atoms with van der Waals surface area (Å²) in [7, 11) is 0.